The molecule has 3 nitrogen and oxygen atoms in total. The number of ketones is 2. The summed E-state index contributed by atoms with van der Waals surface area (Å²) in [7, 11) is 0. The Balaban J connectivity index is 1.73. The third kappa shape index (κ3) is 3.19. The first-order valence-electron chi connectivity index (χ1n) is 7.64. The molecule has 0 saturated heterocycles. The Labute approximate surface area is 129 Å². The highest BCUT2D eigenvalue weighted by molar-refractivity contribution is 6.34. The number of halogens is 1. The summed E-state index contributed by atoms with van der Waals surface area (Å²) in [6.45, 7) is 0. The van der Waals surface area contributed by atoms with E-state index >= 15 is 0 Å². The molecule has 0 unspecified atom stereocenters. The molecule has 0 bridgehead atoms. The SMILES string of the molecule is NC1CCC(CC(=O)c2cc3c(cc2Cl)CC(=O)C3)CC1. The third-order valence-corrected chi connectivity index (χ3v) is 5.04. The second-order valence-corrected chi connectivity index (χ2v) is 6.81. The average Bonchev–Trinajstić information content (AvgIpc) is 2.79. The molecule has 0 radical (unpaired) electrons. The van der Waals surface area contributed by atoms with Crippen molar-refractivity contribution in [2.45, 2.75) is 51.0 Å². The molecule has 0 aliphatic heterocycles. The lowest BCUT2D eigenvalue weighted by Crippen LogP contribution is -2.27. The van der Waals surface area contributed by atoms with Crippen LogP contribution in [0.1, 0.15) is 53.6 Å². The molecular weight excluding hydrogens is 286 g/mol. The van der Waals surface area contributed by atoms with Crippen molar-refractivity contribution in [2.75, 3.05) is 0 Å². The van der Waals surface area contributed by atoms with Crippen molar-refractivity contribution < 1.29 is 9.59 Å². The van der Waals surface area contributed by atoms with Crippen LogP contribution < -0.4 is 5.73 Å². The van der Waals surface area contributed by atoms with Crippen molar-refractivity contribution >= 4 is 23.2 Å². The molecule has 1 fully saturated rings. The van der Waals surface area contributed by atoms with Gasteiger partial charge < -0.3 is 5.73 Å². The lowest BCUT2D eigenvalue weighted by Gasteiger charge is -2.25. The Bertz CT molecular complexity index is 589. The van der Waals surface area contributed by atoms with Crippen LogP contribution in [0.25, 0.3) is 0 Å². The molecule has 0 atom stereocenters. The number of fused-ring (bicyclic) bond motifs is 1. The van der Waals surface area contributed by atoms with Crippen molar-refractivity contribution in [3.8, 4) is 0 Å². The van der Waals surface area contributed by atoms with Crippen molar-refractivity contribution in [2.24, 2.45) is 11.7 Å². The maximum atomic E-state index is 12.5. The molecule has 0 heterocycles. The van der Waals surface area contributed by atoms with E-state index in [0.717, 1.165) is 36.8 Å². The summed E-state index contributed by atoms with van der Waals surface area (Å²) in [5.74, 6) is 0.720. The summed E-state index contributed by atoms with van der Waals surface area (Å²) in [5, 5.41) is 0.487. The molecule has 2 N–H and O–H groups in total. The van der Waals surface area contributed by atoms with Crippen molar-refractivity contribution in [3.05, 3.63) is 33.8 Å². The van der Waals surface area contributed by atoms with Crippen LogP contribution in [0.4, 0.5) is 0 Å². The number of benzene rings is 1. The molecule has 0 amide bonds. The number of hydrogen-bond donors (Lipinski definition) is 1. The van der Waals surface area contributed by atoms with Crippen LogP contribution in [0.15, 0.2) is 12.1 Å². The monoisotopic (exact) mass is 305 g/mol. The first-order valence-corrected chi connectivity index (χ1v) is 8.02. The molecule has 1 aromatic carbocycles. The maximum absolute atomic E-state index is 12.5. The molecular formula is C17H20ClNO2. The van der Waals surface area contributed by atoms with E-state index in [0.29, 0.717) is 41.8 Å². The Morgan fingerprint density at radius 2 is 1.76 bits per heavy atom. The van der Waals surface area contributed by atoms with Gasteiger partial charge in [0, 0.05) is 30.9 Å². The maximum Gasteiger partial charge on any atom is 0.164 e. The van der Waals surface area contributed by atoms with E-state index in [4.69, 9.17) is 17.3 Å². The highest BCUT2D eigenvalue weighted by Crippen LogP contribution is 2.31. The van der Waals surface area contributed by atoms with Crippen LogP contribution in [0.2, 0.25) is 5.02 Å². The lowest BCUT2D eigenvalue weighted by molar-refractivity contribution is -0.117. The predicted octanol–water partition coefficient (Wildman–Crippen LogP) is 3.10. The van der Waals surface area contributed by atoms with Crippen LogP contribution in [0.3, 0.4) is 0 Å². The Hall–Kier alpha value is -1.19. The predicted molar refractivity (Wildman–Crippen MR) is 82.7 cm³/mol. The number of carbonyl (C=O) groups excluding carboxylic acids is 2. The molecule has 1 saturated carbocycles. The van der Waals surface area contributed by atoms with Crippen molar-refractivity contribution in [1.82, 2.24) is 0 Å². The van der Waals surface area contributed by atoms with Gasteiger partial charge in [-0.15, -0.1) is 0 Å². The quantitative estimate of drug-likeness (QED) is 0.873. The van der Waals surface area contributed by atoms with Crippen LogP contribution >= 0.6 is 11.6 Å². The normalized spacial score (nSPS) is 25.0. The van der Waals surface area contributed by atoms with Gasteiger partial charge in [0.2, 0.25) is 0 Å². The Morgan fingerprint density at radius 1 is 1.14 bits per heavy atom. The molecule has 0 spiro atoms. The molecule has 21 heavy (non-hydrogen) atoms. The smallest absolute Gasteiger partial charge is 0.164 e. The number of nitrogens with two attached hydrogens (primary N) is 1. The van der Waals surface area contributed by atoms with Gasteiger partial charge >= 0.3 is 0 Å². The summed E-state index contributed by atoms with van der Waals surface area (Å²) < 4.78 is 0. The molecule has 4 heteroatoms. The van der Waals surface area contributed by atoms with E-state index in [1.807, 2.05) is 6.07 Å². The van der Waals surface area contributed by atoms with E-state index in [-0.39, 0.29) is 11.6 Å². The molecule has 2 aliphatic carbocycles. The van der Waals surface area contributed by atoms with E-state index < -0.39 is 0 Å². The van der Waals surface area contributed by atoms with E-state index in [2.05, 4.69) is 0 Å². The topological polar surface area (TPSA) is 60.2 Å². The van der Waals surface area contributed by atoms with Gasteiger partial charge in [0.25, 0.3) is 0 Å². The van der Waals surface area contributed by atoms with Gasteiger partial charge in [-0.1, -0.05) is 11.6 Å². The third-order valence-electron chi connectivity index (χ3n) is 4.73. The van der Waals surface area contributed by atoms with Gasteiger partial charge in [-0.2, -0.15) is 0 Å². The van der Waals surface area contributed by atoms with Crippen LogP contribution in [0.5, 0.6) is 0 Å². The van der Waals surface area contributed by atoms with Crippen LogP contribution in [-0.2, 0) is 17.6 Å². The number of carbonyl (C=O) groups is 2. The Kier molecular flexibility index (Phi) is 4.14. The van der Waals surface area contributed by atoms with Crippen LogP contribution in [0, 0.1) is 5.92 Å². The average molecular weight is 306 g/mol. The zero-order valence-corrected chi connectivity index (χ0v) is 12.8. The highest BCUT2D eigenvalue weighted by atomic mass is 35.5. The fraction of sp³-hybridized carbons (Fsp3) is 0.529. The van der Waals surface area contributed by atoms with Crippen molar-refractivity contribution in [3.63, 3.8) is 0 Å². The Morgan fingerprint density at radius 3 is 2.43 bits per heavy atom. The lowest BCUT2D eigenvalue weighted by atomic mass is 9.82. The fourth-order valence-corrected chi connectivity index (χ4v) is 3.75. The first kappa shape index (κ1) is 14.7. The molecule has 1 aromatic rings. The van der Waals surface area contributed by atoms with Gasteiger partial charge in [0.15, 0.2) is 5.78 Å². The molecule has 0 aromatic heterocycles. The zero-order valence-electron chi connectivity index (χ0n) is 12.0. The number of Topliss-reactive ketones (excluding diaryl/α,β-unsaturated/α-hetero) is 2. The van der Waals surface area contributed by atoms with Gasteiger partial charge in [-0.25, -0.2) is 0 Å². The van der Waals surface area contributed by atoms with Crippen LogP contribution in [-0.4, -0.2) is 17.6 Å². The summed E-state index contributed by atoms with van der Waals surface area (Å²) in [4.78, 5) is 24.0. The van der Waals surface area contributed by atoms with E-state index in [1.54, 1.807) is 6.07 Å². The van der Waals surface area contributed by atoms with Gasteiger partial charge in [-0.3, -0.25) is 9.59 Å². The summed E-state index contributed by atoms with van der Waals surface area (Å²) >= 11 is 6.24. The summed E-state index contributed by atoms with van der Waals surface area (Å²) in [6.07, 6.45) is 5.48. The van der Waals surface area contributed by atoms with Gasteiger partial charge in [0.1, 0.15) is 5.78 Å². The van der Waals surface area contributed by atoms with Gasteiger partial charge in [-0.05, 0) is 54.9 Å². The fourth-order valence-electron chi connectivity index (χ4n) is 3.45. The molecule has 2 aliphatic rings. The van der Waals surface area contributed by atoms with Gasteiger partial charge in [0.05, 0.1) is 5.02 Å². The standard InChI is InChI=1S/C17H20ClNO2/c18-16-9-12-7-14(20)6-11(12)8-15(16)17(21)5-10-1-3-13(19)4-2-10/h8-10,13H,1-7,19H2. The second kappa shape index (κ2) is 5.90. The minimum Gasteiger partial charge on any atom is -0.328 e. The minimum absolute atomic E-state index is 0.0996. The number of rotatable bonds is 3. The summed E-state index contributed by atoms with van der Waals surface area (Å²) in [5.41, 5.74) is 8.43. The first-order chi connectivity index (χ1) is 10.0. The second-order valence-electron chi connectivity index (χ2n) is 6.40. The van der Waals surface area contributed by atoms with E-state index in [1.165, 1.54) is 0 Å². The number of hydrogen-bond acceptors (Lipinski definition) is 3. The van der Waals surface area contributed by atoms with Crippen molar-refractivity contribution in [1.29, 1.82) is 0 Å². The van der Waals surface area contributed by atoms with E-state index in [9.17, 15) is 9.59 Å². The molecule has 3 rings (SSSR count). The highest BCUT2D eigenvalue weighted by Gasteiger charge is 2.25. The minimum atomic E-state index is 0.0996. The summed E-state index contributed by atoms with van der Waals surface area (Å²) in [6, 6.07) is 3.93. The zero-order chi connectivity index (χ0) is 15.0. The molecule has 112 valence electrons. The largest absolute Gasteiger partial charge is 0.328 e.